The summed E-state index contributed by atoms with van der Waals surface area (Å²) in [6.45, 7) is 3.68. The van der Waals surface area contributed by atoms with Crippen LogP contribution in [0.4, 0.5) is 24.5 Å². The van der Waals surface area contributed by atoms with Gasteiger partial charge in [-0.3, -0.25) is 9.10 Å². The number of carbonyl (C=O) groups excluding carboxylic acids is 1. The first-order valence-electron chi connectivity index (χ1n) is 10.2. The Morgan fingerprint density at radius 2 is 1.64 bits per heavy atom. The Morgan fingerprint density at radius 3 is 2.24 bits per heavy atom. The Morgan fingerprint density at radius 1 is 1.00 bits per heavy atom. The normalized spacial score (nSPS) is 15.9. The van der Waals surface area contributed by atoms with Crippen molar-refractivity contribution in [2.45, 2.75) is 37.4 Å². The van der Waals surface area contributed by atoms with E-state index < -0.39 is 27.7 Å². The van der Waals surface area contributed by atoms with Crippen LogP contribution in [-0.2, 0) is 22.6 Å². The second-order valence-corrected chi connectivity index (χ2v) is 9.85. The molecule has 5 nitrogen and oxygen atoms in total. The third-order valence-corrected chi connectivity index (χ3v) is 7.49. The van der Waals surface area contributed by atoms with Crippen LogP contribution in [0, 0.1) is 6.92 Å². The highest BCUT2D eigenvalue weighted by molar-refractivity contribution is 7.92. The molecule has 0 aromatic heterocycles. The Labute approximate surface area is 189 Å². The first kappa shape index (κ1) is 22.8. The molecule has 1 heterocycles. The SMILES string of the molecule is Cc1ccc(S(=O)(=O)N2c3ccc(C(=O)Nc4ccc(C(F)(F)F)cc4)cc3C[C@@H]2C)cc1. The summed E-state index contributed by atoms with van der Waals surface area (Å²) in [5, 5.41) is 2.57. The van der Waals surface area contributed by atoms with Crippen LogP contribution in [0.25, 0.3) is 0 Å². The number of anilines is 2. The van der Waals surface area contributed by atoms with Crippen LogP contribution < -0.4 is 9.62 Å². The van der Waals surface area contributed by atoms with Crippen molar-refractivity contribution in [3.63, 3.8) is 0 Å². The fourth-order valence-electron chi connectivity index (χ4n) is 3.88. The molecule has 9 heteroatoms. The topological polar surface area (TPSA) is 66.5 Å². The molecule has 3 aromatic carbocycles. The van der Waals surface area contributed by atoms with E-state index in [-0.39, 0.29) is 22.2 Å². The number of rotatable bonds is 4. The summed E-state index contributed by atoms with van der Waals surface area (Å²) in [6, 6.07) is 15.2. The number of aryl methyl sites for hydroxylation is 1. The summed E-state index contributed by atoms with van der Waals surface area (Å²) >= 11 is 0. The second-order valence-electron chi connectivity index (χ2n) is 8.04. The van der Waals surface area contributed by atoms with Crippen molar-refractivity contribution >= 4 is 27.3 Å². The zero-order chi connectivity index (χ0) is 24.0. The third-order valence-electron chi connectivity index (χ3n) is 5.54. The quantitative estimate of drug-likeness (QED) is 0.550. The molecule has 1 amide bonds. The smallest absolute Gasteiger partial charge is 0.322 e. The maximum Gasteiger partial charge on any atom is 0.416 e. The number of nitrogens with one attached hydrogen (secondary N) is 1. The number of benzene rings is 3. The maximum absolute atomic E-state index is 13.2. The lowest BCUT2D eigenvalue weighted by Crippen LogP contribution is -2.35. The van der Waals surface area contributed by atoms with Gasteiger partial charge in [-0.15, -0.1) is 0 Å². The van der Waals surface area contributed by atoms with Crippen LogP contribution >= 0.6 is 0 Å². The number of hydrogen-bond acceptors (Lipinski definition) is 3. The summed E-state index contributed by atoms with van der Waals surface area (Å²) < 4.78 is 66.0. The number of nitrogens with zero attached hydrogens (tertiary/aromatic N) is 1. The van der Waals surface area contributed by atoms with E-state index in [9.17, 15) is 26.4 Å². The van der Waals surface area contributed by atoms with Crippen molar-refractivity contribution < 1.29 is 26.4 Å². The molecule has 1 aliphatic rings. The van der Waals surface area contributed by atoms with E-state index in [1.54, 1.807) is 43.3 Å². The monoisotopic (exact) mass is 474 g/mol. The Balaban J connectivity index is 1.57. The van der Waals surface area contributed by atoms with Crippen LogP contribution in [-0.4, -0.2) is 20.4 Å². The third kappa shape index (κ3) is 4.45. The molecule has 0 spiro atoms. The van der Waals surface area contributed by atoms with Crippen LogP contribution in [0.5, 0.6) is 0 Å². The van der Waals surface area contributed by atoms with Crippen LogP contribution in [0.3, 0.4) is 0 Å². The van der Waals surface area contributed by atoms with Gasteiger partial charge in [0, 0.05) is 17.3 Å². The van der Waals surface area contributed by atoms with Crippen molar-refractivity contribution in [1.29, 1.82) is 0 Å². The number of hydrogen-bond donors (Lipinski definition) is 1. The van der Waals surface area contributed by atoms with Crippen molar-refractivity contribution in [1.82, 2.24) is 0 Å². The van der Waals surface area contributed by atoms with Gasteiger partial charge in [0.1, 0.15) is 0 Å². The predicted octanol–water partition coefficient (Wildman–Crippen LogP) is 5.41. The Hall–Kier alpha value is -3.33. The van der Waals surface area contributed by atoms with E-state index in [2.05, 4.69) is 5.32 Å². The van der Waals surface area contributed by atoms with Gasteiger partial charge in [0.15, 0.2) is 0 Å². The second kappa shape index (κ2) is 8.22. The number of halogens is 3. The first-order valence-corrected chi connectivity index (χ1v) is 11.6. The average molecular weight is 475 g/mol. The largest absolute Gasteiger partial charge is 0.416 e. The van der Waals surface area contributed by atoms with Gasteiger partial charge in [0.2, 0.25) is 0 Å². The van der Waals surface area contributed by atoms with E-state index in [1.165, 1.54) is 22.5 Å². The molecule has 0 saturated carbocycles. The Bertz CT molecular complexity index is 1300. The van der Waals surface area contributed by atoms with Crippen LogP contribution in [0.2, 0.25) is 0 Å². The Kier molecular flexibility index (Phi) is 5.69. The molecule has 1 aliphatic heterocycles. The van der Waals surface area contributed by atoms with Crippen molar-refractivity contribution in [2.75, 3.05) is 9.62 Å². The summed E-state index contributed by atoms with van der Waals surface area (Å²) in [5.74, 6) is -0.495. The highest BCUT2D eigenvalue weighted by Gasteiger charge is 2.36. The first-order chi connectivity index (χ1) is 15.5. The minimum absolute atomic E-state index is 0.192. The van der Waals surface area contributed by atoms with E-state index in [0.717, 1.165) is 17.7 Å². The molecule has 4 rings (SSSR count). The van der Waals surface area contributed by atoms with Gasteiger partial charge in [0.25, 0.3) is 15.9 Å². The van der Waals surface area contributed by atoms with Gasteiger partial charge in [-0.25, -0.2) is 8.42 Å². The standard InChI is InChI=1S/C24H21F3N2O3S/c1-15-3-10-21(11-4-15)33(31,32)29-16(2)13-18-14-17(5-12-22(18)29)23(30)28-20-8-6-19(7-9-20)24(25,26)27/h3-12,14,16H,13H2,1-2H3,(H,28,30)/t16-/m0/s1. The molecule has 0 bridgehead atoms. The number of sulfonamides is 1. The molecule has 0 fully saturated rings. The zero-order valence-electron chi connectivity index (χ0n) is 17.8. The summed E-state index contributed by atoms with van der Waals surface area (Å²) in [4.78, 5) is 12.8. The number of fused-ring (bicyclic) bond motifs is 1. The van der Waals surface area contributed by atoms with Crippen LogP contribution in [0.15, 0.2) is 71.6 Å². The average Bonchev–Trinajstić information content (AvgIpc) is 3.09. The van der Waals surface area contributed by atoms with E-state index in [4.69, 9.17) is 0 Å². The van der Waals surface area contributed by atoms with Crippen molar-refractivity contribution in [2.24, 2.45) is 0 Å². The van der Waals surface area contributed by atoms with Gasteiger partial charge in [0.05, 0.1) is 16.1 Å². The zero-order valence-corrected chi connectivity index (χ0v) is 18.7. The van der Waals surface area contributed by atoms with Gasteiger partial charge in [-0.05, 0) is 80.4 Å². The molecule has 0 saturated heterocycles. The van der Waals surface area contributed by atoms with E-state index in [1.807, 2.05) is 6.92 Å². The molecule has 33 heavy (non-hydrogen) atoms. The lowest BCUT2D eigenvalue weighted by molar-refractivity contribution is -0.137. The predicted molar refractivity (Wildman–Crippen MR) is 120 cm³/mol. The molecule has 0 aliphatic carbocycles. The molecular weight excluding hydrogens is 453 g/mol. The lowest BCUT2D eigenvalue weighted by atomic mass is 10.1. The number of amides is 1. The molecule has 3 aromatic rings. The fourth-order valence-corrected chi connectivity index (χ4v) is 5.57. The van der Waals surface area contributed by atoms with Crippen molar-refractivity contribution in [3.8, 4) is 0 Å². The molecule has 0 unspecified atom stereocenters. The lowest BCUT2D eigenvalue weighted by Gasteiger charge is -2.24. The highest BCUT2D eigenvalue weighted by Crippen LogP contribution is 2.37. The van der Waals surface area contributed by atoms with Gasteiger partial charge in [-0.2, -0.15) is 13.2 Å². The van der Waals surface area contributed by atoms with E-state index in [0.29, 0.717) is 17.7 Å². The van der Waals surface area contributed by atoms with Gasteiger partial charge >= 0.3 is 6.18 Å². The van der Waals surface area contributed by atoms with Crippen LogP contribution in [0.1, 0.15) is 34.0 Å². The van der Waals surface area contributed by atoms with E-state index >= 15 is 0 Å². The minimum Gasteiger partial charge on any atom is -0.322 e. The molecule has 1 atom stereocenters. The van der Waals surface area contributed by atoms with Crippen molar-refractivity contribution in [3.05, 3.63) is 89.0 Å². The maximum atomic E-state index is 13.2. The highest BCUT2D eigenvalue weighted by atomic mass is 32.2. The summed E-state index contributed by atoms with van der Waals surface area (Å²) in [5.41, 5.74) is 1.88. The number of alkyl halides is 3. The van der Waals surface area contributed by atoms with Gasteiger partial charge in [-0.1, -0.05) is 17.7 Å². The molecule has 0 radical (unpaired) electrons. The fraction of sp³-hybridized carbons (Fsp3) is 0.208. The summed E-state index contributed by atoms with van der Waals surface area (Å²) in [6.07, 6.45) is -4.02. The minimum atomic E-state index is -4.45. The molecule has 172 valence electrons. The number of carbonyl (C=O) groups is 1. The molecule has 1 N–H and O–H groups in total. The summed E-state index contributed by atoms with van der Waals surface area (Å²) in [7, 11) is -3.77. The molecular formula is C24H21F3N2O3S. The van der Waals surface area contributed by atoms with Gasteiger partial charge < -0.3 is 5.32 Å².